The Morgan fingerprint density at radius 3 is 2.64 bits per heavy atom. The molecule has 0 saturated carbocycles. The topological polar surface area (TPSA) is 56.1 Å². The molecule has 1 aromatic heterocycles. The zero-order valence-corrected chi connectivity index (χ0v) is 16.7. The van der Waals surface area contributed by atoms with Gasteiger partial charge in [0.2, 0.25) is 0 Å². The van der Waals surface area contributed by atoms with Crippen molar-refractivity contribution in [1.82, 2.24) is 15.1 Å². The normalized spacial score (nSPS) is 10.8. The average Bonchev–Trinajstić information content (AvgIpc) is 3.13. The number of hydrogen-bond donors (Lipinski definition) is 1. The number of carbonyl (C=O) groups is 1. The van der Waals surface area contributed by atoms with Crippen LogP contribution in [0.5, 0.6) is 0 Å². The molecule has 28 heavy (non-hydrogen) atoms. The van der Waals surface area contributed by atoms with Gasteiger partial charge < -0.3 is 10.1 Å². The molecule has 1 N–H and O–H groups in total. The van der Waals surface area contributed by atoms with E-state index in [-0.39, 0.29) is 5.91 Å². The Balaban J connectivity index is 1.92. The fraction of sp³-hybridized carbons (Fsp3) is 0.304. The van der Waals surface area contributed by atoms with Crippen LogP contribution in [0.1, 0.15) is 34.8 Å². The largest absolute Gasteiger partial charge is 0.382 e. The molecule has 0 fully saturated rings. The van der Waals surface area contributed by atoms with Crippen molar-refractivity contribution < 1.29 is 9.53 Å². The molecule has 0 aliphatic rings. The number of nitrogens with one attached hydrogen (secondary N) is 1. The van der Waals surface area contributed by atoms with E-state index in [4.69, 9.17) is 9.84 Å². The quantitative estimate of drug-likeness (QED) is 0.595. The van der Waals surface area contributed by atoms with Crippen LogP contribution in [0.4, 0.5) is 0 Å². The third-order valence-corrected chi connectivity index (χ3v) is 4.57. The lowest BCUT2D eigenvalue weighted by atomic mass is 10.0. The van der Waals surface area contributed by atoms with E-state index in [2.05, 4.69) is 18.3 Å². The Hall–Kier alpha value is -2.92. The van der Waals surface area contributed by atoms with Crippen LogP contribution in [0, 0.1) is 13.8 Å². The molecule has 0 radical (unpaired) electrons. The lowest BCUT2D eigenvalue weighted by Crippen LogP contribution is -2.25. The number of aryl methyl sites for hydroxylation is 2. The van der Waals surface area contributed by atoms with E-state index in [1.54, 1.807) is 4.68 Å². The smallest absolute Gasteiger partial charge is 0.255 e. The van der Waals surface area contributed by atoms with Gasteiger partial charge in [-0.3, -0.25) is 4.79 Å². The van der Waals surface area contributed by atoms with E-state index in [0.717, 1.165) is 23.2 Å². The summed E-state index contributed by atoms with van der Waals surface area (Å²) in [4.78, 5) is 12.9. The van der Waals surface area contributed by atoms with Gasteiger partial charge in [0.1, 0.15) is 5.69 Å². The molecule has 3 rings (SSSR count). The molecule has 0 unspecified atom stereocenters. The number of hydrogen-bond acceptors (Lipinski definition) is 3. The van der Waals surface area contributed by atoms with Crippen molar-refractivity contribution in [3.8, 4) is 16.9 Å². The van der Waals surface area contributed by atoms with Crippen molar-refractivity contribution in [2.75, 3.05) is 19.8 Å². The van der Waals surface area contributed by atoms with Crippen LogP contribution in [-0.2, 0) is 4.74 Å². The Morgan fingerprint density at radius 2 is 1.93 bits per heavy atom. The highest BCUT2D eigenvalue weighted by Crippen LogP contribution is 2.27. The van der Waals surface area contributed by atoms with Crippen molar-refractivity contribution in [3.63, 3.8) is 0 Å². The van der Waals surface area contributed by atoms with Gasteiger partial charge in [-0.05, 0) is 44.9 Å². The highest BCUT2D eigenvalue weighted by molar-refractivity contribution is 6.00. The SMILES string of the molecule is CCOCCCNC(=O)c1cn(-c2ccccc2)nc1-c1ccc(C)cc1C. The van der Waals surface area contributed by atoms with E-state index in [1.807, 2.05) is 62.5 Å². The van der Waals surface area contributed by atoms with Crippen molar-refractivity contribution in [2.24, 2.45) is 0 Å². The van der Waals surface area contributed by atoms with Gasteiger partial charge in [-0.15, -0.1) is 0 Å². The predicted octanol–water partition coefficient (Wildman–Crippen LogP) is 4.31. The van der Waals surface area contributed by atoms with Gasteiger partial charge in [0.15, 0.2) is 0 Å². The molecule has 146 valence electrons. The van der Waals surface area contributed by atoms with Crippen molar-refractivity contribution in [2.45, 2.75) is 27.2 Å². The lowest BCUT2D eigenvalue weighted by molar-refractivity contribution is 0.0945. The zero-order chi connectivity index (χ0) is 19.9. The maximum Gasteiger partial charge on any atom is 0.255 e. The Kier molecular flexibility index (Phi) is 6.61. The summed E-state index contributed by atoms with van der Waals surface area (Å²) < 4.78 is 7.10. The summed E-state index contributed by atoms with van der Waals surface area (Å²) in [6, 6.07) is 16.0. The minimum Gasteiger partial charge on any atom is -0.382 e. The molecule has 0 aliphatic carbocycles. The molecule has 1 heterocycles. The van der Waals surface area contributed by atoms with Crippen molar-refractivity contribution >= 4 is 5.91 Å². The van der Waals surface area contributed by atoms with Crippen molar-refractivity contribution in [3.05, 3.63) is 71.4 Å². The summed E-state index contributed by atoms with van der Waals surface area (Å²) in [7, 11) is 0. The van der Waals surface area contributed by atoms with Crippen LogP contribution in [0.25, 0.3) is 16.9 Å². The van der Waals surface area contributed by atoms with Crippen molar-refractivity contribution in [1.29, 1.82) is 0 Å². The number of carbonyl (C=O) groups excluding carboxylic acids is 1. The molecule has 5 heteroatoms. The maximum atomic E-state index is 12.9. The second-order valence-electron chi connectivity index (χ2n) is 6.80. The monoisotopic (exact) mass is 377 g/mol. The number of amides is 1. The van der Waals surface area contributed by atoms with Gasteiger partial charge in [0, 0.05) is 31.5 Å². The van der Waals surface area contributed by atoms with Crippen LogP contribution in [0.2, 0.25) is 0 Å². The summed E-state index contributed by atoms with van der Waals surface area (Å²) in [6.45, 7) is 7.98. The molecule has 5 nitrogen and oxygen atoms in total. The summed E-state index contributed by atoms with van der Waals surface area (Å²) in [5, 5.41) is 7.74. The molecule has 0 bridgehead atoms. The van der Waals surface area contributed by atoms with Gasteiger partial charge in [-0.1, -0.05) is 42.0 Å². The van der Waals surface area contributed by atoms with Crippen LogP contribution >= 0.6 is 0 Å². The number of nitrogens with zero attached hydrogens (tertiary/aromatic N) is 2. The van der Waals surface area contributed by atoms with Gasteiger partial charge in [-0.25, -0.2) is 4.68 Å². The van der Waals surface area contributed by atoms with Gasteiger partial charge in [0.25, 0.3) is 5.91 Å². The van der Waals surface area contributed by atoms with E-state index in [1.165, 1.54) is 5.56 Å². The lowest BCUT2D eigenvalue weighted by Gasteiger charge is -2.08. The summed E-state index contributed by atoms with van der Waals surface area (Å²) in [5.41, 5.74) is 5.45. The zero-order valence-electron chi connectivity index (χ0n) is 16.7. The standard InChI is InChI=1S/C23H27N3O2/c1-4-28-14-8-13-24-23(27)21-16-26(19-9-6-5-7-10-19)25-22(21)20-12-11-17(2)15-18(20)3/h5-7,9-12,15-16H,4,8,13-14H2,1-3H3,(H,24,27). The van der Waals surface area contributed by atoms with Gasteiger partial charge in [-0.2, -0.15) is 5.10 Å². The number of aromatic nitrogens is 2. The first kappa shape index (κ1) is 19.8. The number of benzene rings is 2. The number of rotatable bonds is 8. The fourth-order valence-corrected chi connectivity index (χ4v) is 3.15. The van der Waals surface area contributed by atoms with E-state index in [9.17, 15) is 4.79 Å². The highest BCUT2D eigenvalue weighted by Gasteiger charge is 2.19. The molecule has 0 spiro atoms. The minimum atomic E-state index is -0.117. The van der Waals surface area contributed by atoms with E-state index < -0.39 is 0 Å². The van der Waals surface area contributed by atoms with Crippen LogP contribution < -0.4 is 5.32 Å². The Labute approximate surface area is 166 Å². The predicted molar refractivity (Wildman–Crippen MR) is 112 cm³/mol. The first-order valence-electron chi connectivity index (χ1n) is 9.68. The Bertz CT molecular complexity index is 932. The van der Waals surface area contributed by atoms with Crippen LogP contribution in [0.3, 0.4) is 0 Å². The molecule has 0 saturated heterocycles. The van der Waals surface area contributed by atoms with E-state index >= 15 is 0 Å². The molecule has 0 aliphatic heterocycles. The maximum absolute atomic E-state index is 12.9. The summed E-state index contributed by atoms with van der Waals surface area (Å²) in [6.07, 6.45) is 2.59. The first-order valence-corrected chi connectivity index (χ1v) is 9.68. The van der Waals surface area contributed by atoms with Crippen LogP contribution in [-0.4, -0.2) is 35.4 Å². The number of para-hydroxylation sites is 1. The van der Waals surface area contributed by atoms with Gasteiger partial charge in [0.05, 0.1) is 11.3 Å². The van der Waals surface area contributed by atoms with Gasteiger partial charge >= 0.3 is 0 Å². The van der Waals surface area contributed by atoms with Crippen LogP contribution in [0.15, 0.2) is 54.7 Å². The third-order valence-electron chi connectivity index (χ3n) is 4.57. The molecule has 0 atom stereocenters. The van der Waals surface area contributed by atoms with E-state index in [0.29, 0.717) is 31.0 Å². The highest BCUT2D eigenvalue weighted by atomic mass is 16.5. The summed E-state index contributed by atoms with van der Waals surface area (Å²) in [5.74, 6) is -0.117. The number of ether oxygens (including phenoxy) is 1. The molecular formula is C23H27N3O2. The second kappa shape index (κ2) is 9.33. The molecule has 2 aromatic carbocycles. The summed E-state index contributed by atoms with van der Waals surface area (Å²) >= 11 is 0. The third kappa shape index (κ3) is 4.67. The minimum absolute atomic E-state index is 0.117. The fourth-order valence-electron chi connectivity index (χ4n) is 3.15. The Morgan fingerprint density at radius 1 is 1.14 bits per heavy atom. The average molecular weight is 377 g/mol. The molecular weight excluding hydrogens is 350 g/mol. The molecule has 1 amide bonds. The first-order chi connectivity index (χ1) is 13.6. The molecule has 3 aromatic rings. The second-order valence-corrected chi connectivity index (χ2v) is 6.80.